The zero-order chi connectivity index (χ0) is 22.9. The molecule has 1 aliphatic carbocycles. The molecular weight excluding hydrogens is 438 g/mol. The Morgan fingerprint density at radius 1 is 1.03 bits per heavy atom. The molecule has 1 N–H and O–H groups in total. The Kier molecular flexibility index (Phi) is 5.56. The molecule has 4 aromatic rings. The lowest BCUT2D eigenvalue weighted by Crippen LogP contribution is -2.21. The summed E-state index contributed by atoms with van der Waals surface area (Å²) in [5.74, 6) is -1.19. The third-order valence-corrected chi connectivity index (χ3v) is 6.85. The van der Waals surface area contributed by atoms with Gasteiger partial charge in [-0.3, -0.25) is 4.79 Å². The molecule has 7 heteroatoms. The van der Waals surface area contributed by atoms with Crippen LogP contribution in [0.25, 0.3) is 22.1 Å². The van der Waals surface area contributed by atoms with E-state index in [4.69, 9.17) is 9.15 Å². The molecule has 2 heterocycles. The Labute approximate surface area is 193 Å². The van der Waals surface area contributed by atoms with Gasteiger partial charge < -0.3 is 14.5 Å². The summed E-state index contributed by atoms with van der Waals surface area (Å²) >= 11 is 1.22. The maximum Gasteiger partial charge on any atom is 0.349 e. The van der Waals surface area contributed by atoms with E-state index in [1.54, 1.807) is 24.3 Å². The van der Waals surface area contributed by atoms with Crippen molar-refractivity contribution in [3.63, 3.8) is 0 Å². The number of rotatable bonds is 4. The summed E-state index contributed by atoms with van der Waals surface area (Å²) in [6.45, 7) is 0. The van der Waals surface area contributed by atoms with Crippen molar-refractivity contribution in [3.8, 4) is 11.1 Å². The number of aryl methyl sites for hydroxylation is 2. The molecule has 0 unspecified atom stereocenters. The Bertz CT molecular complexity index is 1450. The summed E-state index contributed by atoms with van der Waals surface area (Å²) in [6.07, 6.45) is 4.43. The van der Waals surface area contributed by atoms with E-state index in [0.717, 1.165) is 24.8 Å². The summed E-state index contributed by atoms with van der Waals surface area (Å²) in [7, 11) is 1.31. The molecule has 1 amide bonds. The number of carbonyl (C=O) groups is 2. The predicted molar refractivity (Wildman–Crippen MR) is 128 cm³/mol. The van der Waals surface area contributed by atoms with Crippen LogP contribution in [0.2, 0.25) is 0 Å². The van der Waals surface area contributed by atoms with Crippen LogP contribution in [-0.4, -0.2) is 19.0 Å². The van der Waals surface area contributed by atoms with Gasteiger partial charge in [-0.2, -0.15) is 0 Å². The number of anilines is 1. The van der Waals surface area contributed by atoms with Gasteiger partial charge in [0.05, 0.1) is 7.11 Å². The second kappa shape index (κ2) is 8.67. The van der Waals surface area contributed by atoms with E-state index in [2.05, 4.69) is 17.4 Å². The summed E-state index contributed by atoms with van der Waals surface area (Å²) in [4.78, 5) is 38.0. The quantitative estimate of drug-likeness (QED) is 0.324. The van der Waals surface area contributed by atoms with Crippen molar-refractivity contribution in [1.82, 2.24) is 0 Å². The highest BCUT2D eigenvalue weighted by atomic mass is 32.1. The SMILES string of the molecule is COC(=O)c1c(-c2ccc3c(c2)CCCC3)csc1NC(=O)c1cc2ccccc2oc1=O. The highest BCUT2D eigenvalue weighted by Gasteiger charge is 2.24. The van der Waals surface area contributed by atoms with E-state index in [-0.39, 0.29) is 11.1 Å². The molecule has 0 atom stereocenters. The Morgan fingerprint density at radius 3 is 2.64 bits per heavy atom. The molecule has 0 spiro atoms. The number of para-hydroxylation sites is 1. The number of esters is 1. The summed E-state index contributed by atoms with van der Waals surface area (Å²) in [6, 6.07) is 14.7. The summed E-state index contributed by atoms with van der Waals surface area (Å²) in [5, 5.41) is 5.51. The van der Waals surface area contributed by atoms with E-state index in [9.17, 15) is 14.4 Å². The number of hydrogen-bond donors (Lipinski definition) is 1. The standard InChI is InChI=1S/C26H21NO5S/c1-31-26(30)22-20(17-11-10-15-6-2-3-7-16(15)12-17)14-33-24(22)27-23(28)19-13-18-8-4-5-9-21(18)32-25(19)29/h4-5,8-14H,2-3,6-7H2,1H3,(H,27,28). The van der Waals surface area contributed by atoms with Gasteiger partial charge in [-0.25, -0.2) is 9.59 Å². The van der Waals surface area contributed by atoms with Gasteiger partial charge in [-0.05, 0) is 54.5 Å². The van der Waals surface area contributed by atoms with Gasteiger partial charge in [0, 0.05) is 16.3 Å². The van der Waals surface area contributed by atoms with Crippen LogP contribution < -0.4 is 10.9 Å². The number of amides is 1. The maximum atomic E-state index is 13.0. The van der Waals surface area contributed by atoms with Crippen molar-refractivity contribution in [2.75, 3.05) is 12.4 Å². The van der Waals surface area contributed by atoms with Crippen LogP contribution in [0.1, 0.15) is 44.7 Å². The van der Waals surface area contributed by atoms with Crippen molar-refractivity contribution in [3.05, 3.63) is 86.6 Å². The second-order valence-corrected chi connectivity index (χ2v) is 8.85. The number of fused-ring (bicyclic) bond motifs is 2. The van der Waals surface area contributed by atoms with Gasteiger partial charge in [0.25, 0.3) is 5.91 Å². The minimum Gasteiger partial charge on any atom is -0.465 e. The van der Waals surface area contributed by atoms with Gasteiger partial charge in [-0.1, -0.05) is 36.4 Å². The first-order valence-corrected chi connectivity index (χ1v) is 11.6. The van der Waals surface area contributed by atoms with Gasteiger partial charge in [-0.15, -0.1) is 11.3 Å². The monoisotopic (exact) mass is 459 g/mol. The van der Waals surface area contributed by atoms with Gasteiger partial charge in [0.1, 0.15) is 21.7 Å². The maximum absolute atomic E-state index is 13.0. The first-order valence-electron chi connectivity index (χ1n) is 10.7. The third-order valence-electron chi connectivity index (χ3n) is 5.95. The first kappa shape index (κ1) is 21.2. The highest BCUT2D eigenvalue weighted by Crippen LogP contribution is 2.38. The van der Waals surface area contributed by atoms with Crippen LogP contribution in [0.4, 0.5) is 5.00 Å². The Morgan fingerprint density at radius 2 is 1.82 bits per heavy atom. The van der Waals surface area contributed by atoms with Crippen molar-refractivity contribution in [2.24, 2.45) is 0 Å². The minimum absolute atomic E-state index is 0.131. The van der Waals surface area contributed by atoms with E-state index >= 15 is 0 Å². The molecule has 0 aliphatic heterocycles. The fraction of sp³-hybridized carbons (Fsp3) is 0.192. The Balaban J connectivity index is 1.52. The van der Waals surface area contributed by atoms with Crippen molar-refractivity contribution >= 4 is 39.2 Å². The van der Waals surface area contributed by atoms with E-state index in [1.165, 1.54) is 42.1 Å². The second-order valence-electron chi connectivity index (χ2n) is 7.98. The van der Waals surface area contributed by atoms with Crippen LogP contribution in [0.3, 0.4) is 0 Å². The first-order chi connectivity index (χ1) is 16.0. The smallest absolute Gasteiger partial charge is 0.349 e. The number of carbonyl (C=O) groups excluding carboxylic acids is 2. The van der Waals surface area contributed by atoms with Crippen molar-refractivity contribution < 1.29 is 18.7 Å². The number of thiophene rings is 1. The van der Waals surface area contributed by atoms with Gasteiger partial charge in [0.2, 0.25) is 0 Å². The van der Waals surface area contributed by atoms with Crippen molar-refractivity contribution in [1.29, 1.82) is 0 Å². The number of ether oxygens (including phenoxy) is 1. The molecule has 0 saturated heterocycles. The largest absolute Gasteiger partial charge is 0.465 e. The molecule has 33 heavy (non-hydrogen) atoms. The van der Waals surface area contributed by atoms with Crippen LogP contribution in [0.15, 0.2) is 63.1 Å². The van der Waals surface area contributed by atoms with Crippen molar-refractivity contribution in [2.45, 2.75) is 25.7 Å². The lowest BCUT2D eigenvalue weighted by atomic mass is 9.89. The molecule has 1 aliphatic rings. The number of hydrogen-bond acceptors (Lipinski definition) is 6. The van der Waals surface area contributed by atoms with Crippen LogP contribution in [-0.2, 0) is 17.6 Å². The van der Waals surface area contributed by atoms with Gasteiger partial charge in [0.15, 0.2) is 0 Å². The normalized spacial score (nSPS) is 12.9. The summed E-state index contributed by atoms with van der Waals surface area (Å²) in [5.41, 5.74) is 4.04. The number of benzene rings is 2. The number of methoxy groups -OCH3 is 1. The van der Waals surface area contributed by atoms with Crippen LogP contribution in [0, 0.1) is 0 Å². The topological polar surface area (TPSA) is 85.6 Å². The minimum atomic E-state index is -0.739. The van der Waals surface area contributed by atoms with Crippen LogP contribution >= 0.6 is 11.3 Å². The molecule has 166 valence electrons. The van der Waals surface area contributed by atoms with Gasteiger partial charge >= 0.3 is 11.6 Å². The third kappa shape index (κ3) is 3.96. The lowest BCUT2D eigenvalue weighted by molar-refractivity contribution is 0.0603. The Hall–Kier alpha value is -3.71. The van der Waals surface area contributed by atoms with E-state index in [1.807, 2.05) is 11.4 Å². The number of nitrogens with one attached hydrogen (secondary N) is 1. The fourth-order valence-corrected chi connectivity index (χ4v) is 5.21. The molecule has 0 radical (unpaired) electrons. The predicted octanol–water partition coefficient (Wildman–Crippen LogP) is 5.44. The molecule has 0 bridgehead atoms. The zero-order valence-corrected chi connectivity index (χ0v) is 18.8. The average molecular weight is 460 g/mol. The molecule has 0 fully saturated rings. The molecule has 6 nitrogen and oxygen atoms in total. The fourth-order valence-electron chi connectivity index (χ4n) is 4.26. The summed E-state index contributed by atoms with van der Waals surface area (Å²) < 4.78 is 10.3. The molecule has 0 saturated carbocycles. The lowest BCUT2D eigenvalue weighted by Gasteiger charge is -2.16. The zero-order valence-electron chi connectivity index (χ0n) is 18.0. The molecule has 5 rings (SSSR count). The average Bonchev–Trinajstić information content (AvgIpc) is 3.26. The van der Waals surface area contributed by atoms with Crippen LogP contribution in [0.5, 0.6) is 0 Å². The molecule has 2 aromatic heterocycles. The van der Waals surface area contributed by atoms with E-state index in [0.29, 0.717) is 21.5 Å². The van der Waals surface area contributed by atoms with E-state index < -0.39 is 17.5 Å². The highest BCUT2D eigenvalue weighted by molar-refractivity contribution is 7.15. The molecule has 2 aromatic carbocycles. The molecular formula is C26H21NO5S.